The number of carbonyl (C=O) groups is 1. The summed E-state index contributed by atoms with van der Waals surface area (Å²) in [7, 11) is 0. The molecule has 19 heavy (non-hydrogen) atoms. The standard InChI is InChI=1S/C14H22N4O/c1-12(19)18-7-3-6-17(8-9-18)11-13-4-2-5-16-14(13)10-15/h2,4-5H,3,6-11,15H2,1H3. The van der Waals surface area contributed by atoms with Gasteiger partial charge in [0.15, 0.2) is 0 Å². The van der Waals surface area contributed by atoms with Crippen LogP contribution in [-0.4, -0.2) is 46.9 Å². The molecule has 0 unspecified atom stereocenters. The SMILES string of the molecule is CC(=O)N1CCCN(Cc2cccnc2CN)CC1. The number of pyridine rings is 1. The summed E-state index contributed by atoms with van der Waals surface area (Å²) >= 11 is 0. The highest BCUT2D eigenvalue weighted by Gasteiger charge is 2.17. The Morgan fingerprint density at radius 2 is 2.21 bits per heavy atom. The molecule has 2 rings (SSSR count). The third-order valence-corrected chi connectivity index (χ3v) is 3.61. The van der Waals surface area contributed by atoms with Crippen LogP contribution in [0.4, 0.5) is 0 Å². The fourth-order valence-electron chi connectivity index (χ4n) is 2.48. The quantitative estimate of drug-likeness (QED) is 0.866. The Kier molecular flexibility index (Phi) is 4.87. The van der Waals surface area contributed by atoms with Crippen LogP contribution < -0.4 is 5.73 Å². The lowest BCUT2D eigenvalue weighted by Gasteiger charge is -2.21. The van der Waals surface area contributed by atoms with Crippen LogP contribution in [0.2, 0.25) is 0 Å². The number of aromatic nitrogens is 1. The number of amides is 1. The highest BCUT2D eigenvalue weighted by Crippen LogP contribution is 2.11. The van der Waals surface area contributed by atoms with Crippen molar-refractivity contribution in [3.8, 4) is 0 Å². The summed E-state index contributed by atoms with van der Waals surface area (Å²) in [6.07, 6.45) is 2.81. The molecule has 1 aromatic heterocycles. The molecule has 0 aliphatic carbocycles. The number of hydrogen-bond donors (Lipinski definition) is 1. The molecule has 2 N–H and O–H groups in total. The topological polar surface area (TPSA) is 62.5 Å². The van der Waals surface area contributed by atoms with Crippen LogP contribution in [0.5, 0.6) is 0 Å². The van der Waals surface area contributed by atoms with Crippen molar-refractivity contribution >= 4 is 5.91 Å². The average Bonchev–Trinajstić information content (AvgIpc) is 2.65. The first-order chi connectivity index (χ1) is 9.20. The number of rotatable bonds is 3. The summed E-state index contributed by atoms with van der Waals surface area (Å²) < 4.78 is 0. The van der Waals surface area contributed by atoms with E-state index in [1.807, 2.05) is 11.0 Å². The second kappa shape index (κ2) is 6.63. The lowest BCUT2D eigenvalue weighted by molar-refractivity contribution is -0.128. The number of carbonyl (C=O) groups excluding carboxylic acids is 1. The summed E-state index contributed by atoms with van der Waals surface area (Å²) in [5.41, 5.74) is 7.88. The minimum atomic E-state index is 0.172. The molecule has 1 aliphatic rings. The van der Waals surface area contributed by atoms with Gasteiger partial charge in [-0.2, -0.15) is 0 Å². The predicted octanol–water partition coefficient (Wildman–Crippen LogP) is 0.595. The molecule has 1 aliphatic heterocycles. The van der Waals surface area contributed by atoms with Gasteiger partial charge in [-0.1, -0.05) is 6.07 Å². The van der Waals surface area contributed by atoms with Crippen LogP contribution in [0.15, 0.2) is 18.3 Å². The zero-order valence-electron chi connectivity index (χ0n) is 11.5. The lowest BCUT2D eigenvalue weighted by atomic mass is 10.1. The van der Waals surface area contributed by atoms with Gasteiger partial charge in [-0.25, -0.2) is 0 Å². The second-order valence-corrected chi connectivity index (χ2v) is 4.95. The van der Waals surface area contributed by atoms with Gasteiger partial charge < -0.3 is 10.6 Å². The van der Waals surface area contributed by atoms with E-state index in [-0.39, 0.29) is 5.91 Å². The van der Waals surface area contributed by atoms with Crippen LogP contribution in [0.3, 0.4) is 0 Å². The predicted molar refractivity (Wildman–Crippen MR) is 74.3 cm³/mol. The largest absolute Gasteiger partial charge is 0.342 e. The molecule has 1 amide bonds. The van der Waals surface area contributed by atoms with Gasteiger partial charge in [-0.05, 0) is 18.1 Å². The summed E-state index contributed by atoms with van der Waals surface area (Å²) in [5, 5.41) is 0. The van der Waals surface area contributed by atoms with Crippen LogP contribution >= 0.6 is 0 Å². The molecule has 104 valence electrons. The summed E-state index contributed by atoms with van der Waals surface area (Å²) in [6, 6.07) is 4.04. The molecular formula is C14H22N4O. The first-order valence-electron chi connectivity index (χ1n) is 6.81. The Morgan fingerprint density at radius 1 is 1.37 bits per heavy atom. The van der Waals surface area contributed by atoms with Gasteiger partial charge in [0, 0.05) is 52.4 Å². The van der Waals surface area contributed by atoms with E-state index in [1.165, 1.54) is 5.56 Å². The maximum atomic E-state index is 11.4. The second-order valence-electron chi connectivity index (χ2n) is 4.95. The van der Waals surface area contributed by atoms with Crippen molar-refractivity contribution in [2.45, 2.75) is 26.4 Å². The Balaban J connectivity index is 1.98. The molecule has 0 saturated carbocycles. The van der Waals surface area contributed by atoms with Crippen molar-refractivity contribution in [1.29, 1.82) is 0 Å². The van der Waals surface area contributed by atoms with Gasteiger partial charge in [-0.15, -0.1) is 0 Å². The van der Waals surface area contributed by atoms with Crippen molar-refractivity contribution in [3.05, 3.63) is 29.6 Å². The van der Waals surface area contributed by atoms with Gasteiger partial charge in [0.05, 0.1) is 5.69 Å². The molecule has 1 aromatic rings. The van der Waals surface area contributed by atoms with Gasteiger partial charge in [-0.3, -0.25) is 14.7 Å². The lowest BCUT2D eigenvalue weighted by Crippen LogP contribution is -2.33. The molecule has 0 spiro atoms. The van der Waals surface area contributed by atoms with Crippen molar-refractivity contribution in [1.82, 2.24) is 14.8 Å². The van der Waals surface area contributed by atoms with E-state index in [2.05, 4.69) is 16.0 Å². The summed E-state index contributed by atoms with van der Waals surface area (Å²) in [6.45, 7) is 6.59. The molecule has 0 aromatic carbocycles. The molecular weight excluding hydrogens is 240 g/mol. The number of nitrogens with two attached hydrogens (primary N) is 1. The minimum absolute atomic E-state index is 0.172. The number of nitrogens with zero attached hydrogens (tertiary/aromatic N) is 3. The van der Waals surface area contributed by atoms with Crippen molar-refractivity contribution in [2.75, 3.05) is 26.2 Å². The van der Waals surface area contributed by atoms with Gasteiger partial charge in [0.25, 0.3) is 0 Å². The summed E-state index contributed by atoms with van der Waals surface area (Å²) in [5.74, 6) is 0.172. The van der Waals surface area contributed by atoms with E-state index in [9.17, 15) is 4.79 Å². The molecule has 0 radical (unpaired) electrons. The minimum Gasteiger partial charge on any atom is -0.342 e. The first-order valence-corrected chi connectivity index (χ1v) is 6.81. The fourth-order valence-corrected chi connectivity index (χ4v) is 2.48. The molecule has 5 heteroatoms. The van der Waals surface area contributed by atoms with E-state index < -0.39 is 0 Å². The Labute approximate surface area is 114 Å². The smallest absolute Gasteiger partial charge is 0.219 e. The maximum absolute atomic E-state index is 11.4. The third-order valence-electron chi connectivity index (χ3n) is 3.61. The average molecular weight is 262 g/mol. The monoisotopic (exact) mass is 262 g/mol. The molecule has 5 nitrogen and oxygen atoms in total. The van der Waals surface area contributed by atoms with Crippen LogP contribution in [-0.2, 0) is 17.9 Å². The molecule has 2 heterocycles. The molecule has 0 bridgehead atoms. The van der Waals surface area contributed by atoms with Crippen LogP contribution in [0, 0.1) is 0 Å². The van der Waals surface area contributed by atoms with E-state index in [0.29, 0.717) is 6.54 Å². The normalized spacial score (nSPS) is 17.3. The Hall–Kier alpha value is -1.46. The van der Waals surface area contributed by atoms with E-state index in [4.69, 9.17) is 5.73 Å². The van der Waals surface area contributed by atoms with Gasteiger partial charge in [0.2, 0.25) is 5.91 Å². The fraction of sp³-hybridized carbons (Fsp3) is 0.571. The van der Waals surface area contributed by atoms with Crippen molar-refractivity contribution < 1.29 is 4.79 Å². The molecule has 1 fully saturated rings. The molecule has 0 atom stereocenters. The van der Waals surface area contributed by atoms with E-state index >= 15 is 0 Å². The van der Waals surface area contributed by atoms with Gasteiger partial charge in [0.1, 0.15) is 0 Å². The van der Waals surface area contributed by atoms with Crippen molar-refractivity contribution in [2.24, 2.45) is 5.73 Å². The third kappa shape index (κ3) is 3.75. The first kappa shape index (κ1) is 14.0. The molecule has 1 saturated heterocycles. The van der Waals surface area contributed by atoms with E-state index in [0.717, 1.165) is 44.8 Å². The zero-order chi connectivity index (χ0) is 13.7. The number of hydrogen-bond acceptors (Lipinski definition) is 4. The maximum Gasteiger partial charge on any atom is 0.219 e. The van der Waals surface area contributed by atoms with Crippen LogP contribution in [0.1, 0.15) is 24.6 Å². The Morgan fingerprint density at radius 3 is 2.95 bits per heavy atom. The zero-order valence-corrected chi connectivity index (χ0v) is 11.5. The highest BCUT2D eigenvalue weighted by molar-refractivity contribution is 5.73. The van der Waals surface area contributed by atoms with Crippen LogP contribution in [0.25, 0.3) is 0 Å². The summed E-state index contributed by atoms with van der Waals surface area (Å²) in [4.78, 5) is 20.0. The van der Waals surface area contributed by atoms with E-state index in [1.54, 1.807) is 13.1 Å². The van der Waals surface area contributed by atoms with Gasteiger partial charge >= 0.3 is 0 Å². The van der Waals surface area contributed by atoms with Crippen molar-refractivity contribution in [3.63, 3.8) is 0 Å². The Bertz CT molecular complexity index is 435. The highest BCUT2D eigenvalue weighted by atomic mass is 16.2.